The van der Waals surface area contributed by atoms with E-state index in [2.05, 4.69) is 42.8 Å². The van der Waals surface area contributed by atoms with Crippen molar-refractivity contribution in [3.8, 4) is 0 Å². The molecule has 1 aromatic heterocycles. The van der Waals surface area contributed by atoms with E-state index in [9.17, 15) is 9.59 Å². The minimum Gasteiger partial charge on any atom is -0.345 e. The van der Waals surface area contributed by atoms with Gasteiger partial charge in [-0.05, 0) is 35.6 Å². The number of rotatable bonds is 12. The summed E-state index contributed by atoms with van der Waals surface area (Å²) in [6.45, 7) is 8.61. The van der Waals surface area contributed by atoms with Crippen LogP contribution in [0.1, 0.15) is 50.4 Å². The summed E-state index contributed by atoms with van der Waals surface area (Å²) in [6.07, 6.45) is 3.31. The fourth-order valence-corrected chi connectivity index (χ4v) is 4.09. The summed E-state index contributed by atoms with van der Waals surface area (Å²) >= 11 is 0. The normalized spacial score (nSPS) is 10.9. The van der Waals surface area contributed by atoms with Crippen molar-refractivity contribution in [2.45, 2.75) is 53.2 Å². The molecule has 5 nitrogen and oxygen atoms in total. The van der Waals surface area contributed by atoms with Crippen LogP contribution in [0.4, 0.5) is 0 Å². The summed E-state index contributed by atoms with van der Waals surface area (Å²) in [4.78, 5) is 29.9. The molecule has 3 rings (SSSR count). The molecule has 0 unspecified atom stereocenters. The Morgan fingerprint density at radius 2 is 1.44 bits per heavy atom. The van der Waals surface area contributed by atoms with Crippen LogP contribution in [-0.4, -0.2) is 39.3 Å². The molecule has 180 valence electrons. The van der Waals surface area contributed by atoms with E-state index in [1.54, 1.807) is 4.90 Å². The van der Waals surface area contributed by atoms with Gasteiger partial charge in [0.25, 0.3) is 0 Å². The number of benzene rings is 2. The lowest BCUT2D eigenvalue weighted by Crippen LogP contribution is -2.44. The Bertz CT molecular complexity index is 1030. The molecule has 34 heavy (non-hydrogen) atoms. The highest BCUT2D eigenvalue weighted by atomic mass is 16.2. The molecule has 0 spiro atoms. The van der Waals surface area contributed by atoms with Gasteiger partial charge in [-0.2, -0.15) is 0 Å². The minimum absolute atomic E-state index is 0.0265. The first kappa shape index (κ1) is 25.3. The van der Waals surface area contributed by atoms with Crippen LogP contribution in [0.25, 0.3) is 0 Å². The molecule has 0 bridgehead atoms. The molecule has 5 heteroatoms. The molecule has 0 saturated carbocycles. The second-order valence-electron chi connectivity index (χ2n) is 9.27. The summed E-state index contributed by atoms with van der Waals surface area (Å²) in [7, 11) is 0. The lowest BCUT2D eigenvalue weighted by molar-refractivity contribution is -0.141. The van der Waals surface area contributed by atoms with E-state index in [0.717, 1.165) is 24.2 Å². The van der Waals surface area contributed by atoms with Gasteiger partial charge in [0, 0.05) is 37.9 Å². The standard InChI is InChI=1S/C29H37N3O2/c1-4-12-28(33)31(19-24(2)3)23-29(34)32(21-26-15-9-6-10-16-26)22-27-17-11-18-30(27)20-25-13-7-5-8-14-25/h5-11,13-18,24H,4,12,19-23H2,1-3H3. The van der Waals surface area contributed by atoms with Crippen LogP contribution in [0.15, 0.2) is 79.0 Å². The van der Waals surface area contributed by atoms with Crippen LogP contribution < -0.4 is 0 Å². The fourth-order valence-electron chi connectivity index (χ4n) is 4.09. The van der Waals surface area contributed by atoms with Gasteiger partial charge in [-0.15, -0.1) is 0 Å². The molecule has 3 aromatic rings. The van der Waals surface area contributed by atoms with Gasteiger partial charge in [0.1, 0.15) is 0 Å². The number of aromatic nitrogens is 1. The van der Waals surface area contributed by atoms with Gasteiger partial charge in [-0.1, -0.05) is 81.4 Å². The van der Waals surface area contributed by atoms with Crippen LogP contribution in [0, 0.1) is 5.92 Å². The van der Waals surface area contributed by atoms with Crippen LogP contribution in [0.5, 0.6) is 0 Å². The maximum Gasteiger partial charge on any atom is 0.242 e. The first-order chi connectivity index (χ1) is 16.5. The molecule has 0 fully saturated rings. The SMILES string of the molecule is CCCC(=O)N(CC(=O)N(Cc1ccccc1)Cc1cccn1Cc1ccccc1)CC(C)C. The Hall–Kier alpha value is -3.34. The van der Waals surface area contributed by atoms with Crippen molar-refractivity contribution in [1.29, 1.82) is 0 Å². The Labute approximate surface area is 204 Å². The van der Waals surface area contributed by atoms with Crippen molar-refractivity contribution in [1.82, 2.24) is 14.4 Å². The van der Waals surface area contributed by atoms with E-state index in [-0.39, 0.29) is 18.4 Å². The number of carbonyl (C=O) groups excluding carboxylic acids is 2. The van der Waals surface area contributed by atoms with Gasteiger partial charge in [-0.3, -0.25) is 9.59 Å². The second kappa shape index (κ2) is 12.8. The number of hydrogen-bond acceptors (Lipinski definition) is 2. The maximum absolute atomic E-state index is 13.6. The lowest BCUT2D eigenvalue weighted by atomic mass is 10.1. The lowest BCUT2D eigenvalue weighted by Gasteiger charge is -2.29. The summed E-state index contributed by atoms with van der Waals surface area (Å²) in [6, 6.07) is 24.5. The van der Waals surface area contributed by atoms with Gasteiger partial charge < -0.3 is 14.4 Å². The quantitative estimate of drug-likeness (QED) is 0.366. The Morgan fingerprint density at radius 1 is 0.794 bits per heavy atom. The summed E-state index contributed by atoms with van der Waals surface area (Å²) in [5, 5.41) is 0. The van der Waals surface area contributed by atoms with E-state index in [1.165, 1.54) is 5.56 Å². The predicted molar refractivity (Wildman–Crippen MR) is 137 cm³/mol. The molecule has 0 aliphatic carbocycles. The van der Waals surface area contributed by atoms with E-state index < -0.39 is 0 Å². The molecular formula is C29H37N3O2. The Morgan fingerprint density at radius 3 is 2.06 bits per heavy atom. The van der Waals surface area contributed by atoms with E-state index in [0.29, 0.717) is 32.0 Å². The first-order valence-electron chi connectivity index (χ1n) is 12.2. The zero-order chi connectivity index (χ0) is 24.3. The molecule has 0 N–H and O–H groups in total. The molecule has 2 amide bonds. The maximum atomic E-state index is 13.6. The fraction of sp³-hybridized carbons (Fsp3) is 0.379. The second-order valence-corrected chi connectivity index (χ2v) is 9.27. The number of hydrogen-bond donors (Lipinski definition) is 0. The molecule has 0 radical (unpaired) electrons. The van der Waals surface area contributed by atoms with Gasteiger partial charge >= 0.3 is 0 Å². The zero-order valence-electron chi connectivity index (χ0n) is 20.7. The van der Waals surface area contributed by atoms with Crippen LogP contribution in [-0.2, 0) is 29.2 Å². The predicted octanol–water partition coefficient (Wildman–Crippen LogP) is 5.35. The first-order valence-corrected chi connectivity index (χ1v) is 12.2. The average Bonchev–Trinajstić information content (AvgIpc) is 3.25. The molecule has 2 aromatic carbocycles. The van der Waals surface area contributed by atoms with Crippen molar-refractivity contribution in [2.75, 3.05) is 13.1 Å². The molecular weight excluding hydrogens is 422 g/mol. The van der Waals surface area contributed by atoms with E-state index >= 15 is 0 Å². The Balaban J connectivity index is 1.80. The van der Waals surface area contributed by atoms with Crippen molar-refractivity contribution in [3.05, 3.63) is 95.8 Å². The minimum atomic E-state index is -0.0265. The molecule has 1 heterocycles. The highest BCUT2D eigenvalue weighted by Gasteiger charge is 2.23. The number of amides is 2. The van der Waals surface area contributed by atoms with Crippen molar-refractivity contribution >= 4 is 11.8 Å². The van der Waals surface area contributed by atoms with Gasteiger partial charge in [-0.25, -0.2) is 0 Å². The van der Waals surface area contributed by atoms with E-state index in [4.69, 9.17) is 0 Å². The smallest absolute Gasteiger partial charge is 0.242 e. The molecule has 0 aliphatic rings. The third-order valence-corrected chi connectivity index (χ3v) is 5.77. The summed E-state index contributed by atoms with van der Waals surface area (Å²) in [5.74, 6) is 0.331. The summed E-state index contributed by atoms with van der Waals surface area (Å²) < 4.78 is 2.19. The molecule has 0 atom stereocenters. The molecule has 0 aliphatic heterocycles. The third kappa shape index (κ3) is 7.62. The van der Waals surface area contributed by atoms with Crippen LogP contribution >= 0.6 is 0 Å². The van der Waals surface area contributed by atoms with Crippen molar-refractivity contribution in [3.63, 3.8) is 0 Å². The number of nitrogens with zero attached hydrogens (tertiary/aromatic N) is 3. The van der Waals surface area contributed by atoms with Crippen molar-refractivity contribution < 1.29 is 9.59 Å². The highest BCUT2D eigenvalue weighted by molar-refractivity contribution is 5.84. The Kier molecular flexibility index (Phi) is 9.51. The largest absolute Gasteiger partial charge is 0.345 e. The van der Waals surface area contributed by atoms with Crippen LogP contribution in [0.2, 0.25) is 0 Å². The monoisotopic (exact) mass is 459 g/mol. The zero-order valence-corrected chi connectivity index (χ0v) is 20.7. The van der Waals surface area contributed by atoms with Gasteiger partial charge in [0.05, 0.1) is 13.1 Å². The number of carbonyl (C=O) groups is 2. The van der Waals surface area contributed by atoms with Gasteiger partial charge in [0.15, 0.2) is 0 Å². The van der Waals surface area contributed by atoms with Crippen LogP contribution in [0.3, 0.4) is 0 Å². The molecule has 0 saturated heterocycles. The van der Waals surface area contributed by atoms with Gasteiger partial charge in [0.2, 0.25) is 11.8 Å². The van der Waals surface area contributed by atoms with E-state index in [1.807, 2.05) is 66.4 Å². The third-order valence-electron chi connectivity index (χ3n) is 5.77. The average molecular weight is 460 g/mol. The van der Waals surface area contributed by atoms with Crippen molar-refractivity contribution in [2.24, 2.45) is 5.92 Å². The topological polar surface area (TPSA) is 45.6 Å². The summed E-state index contributed by atoms with van der Waals surface area (Å²) in [5.41, 5.74) is 3.37. The highest BCUT2D eigenvalue weighted by Crippen LogP contribution is 2.15.